The summed E-state index contributed by atoms with van der Waals surface area (Å²) in [5, 5.41) is 9.53. The third-order valence-corrected chi connectivity index (χ3v) is 6.24. The fourth-order valence-electron chi connectivity index (χ4n) is 3.13. The highest BCUT2D eigenvalue weighted by atomic mass is 32.2. The lowest BCUT2D eigenvalue weighted by Gasteiger charge is -2.37. The summed E-state index contributed by atoms with van der Waals surface area (Å²) in [5.74, 6) is -0.195. The van der Waals surface area contributed by atoms with Crippen LogP contribution in [0.5, 0.6) is 0 Å². The summed E-state index contributed by atoms with van der Waals surface area (Å²) in [6.45, 7) is 3.91. The van der Waals surface area contributed by atoms with Crippen LogP contribution in [0.2, 0.25) is 0 Å². The summed E-state index contributed by atoms with van der Waals surface area (Å²) in [7, 11) is -3.09. The second kappa shape index (κ2) is 6.73. The zero-order chi connectivity index (χ0) is 14.5. The number of carboxylic acid groups (broad SMARTS) is 1. The van der Waals surface area contributed by atoms with Gasteiger partial charge in [0.05, 0.1) is 11.2 Å². The molecular weight excluding hydrogens is 264 g/mol. The van der Waals surface area contributed by atoms with E-state index in [-0.39, 0.29) is 17.9 Å². The first-order valence-electron chi connectivity index (χ1n) is 7.29. The second-order valence-electron chi connectivity index (χ2n) is 5.86. The molecule has 1 fully saturated rings. The predicted octanol–water partition coefficient (Wildman–Crippen LogP) is 2.87. The van der Waals surface area contributed by atoms with Gasteiger partial charge in [0.2, 0.25) is 0 Å². The SMILES string of the molecule is CCCS(=O)(=O)CCC1(C(=O)O)CCCC(CC)C1. The van der Waals surface area contributed by atoms with E-state index < -0.39 is 21.2 Å². The predicted molar refractivity (Wildman–Crippen MR) is 75.9 cm³/mol. The Morgan fingerprint density at radius 1 is 1.32 bits per heavy atom. The van der Waals surface area contributed by atoms with Crippen molar-refractivity contribution in [2.24, 2.45) is 11.3 Å². The Bertz CT molecular complexity index is 402. The Balaban J connectivity index is 2.75. The van der Waals surface area contributed by atoms with Crippen LogP contribution in [0.25, 0.3) is 0 Å². The van der Waals surface area contributed by atoms with E-state index in [0.717, 1.165) is 19.3 Å². The molecule has 1 rings (SSSR count). The maximum absolute atomic E-state index is 11.8. The molecule has 112 valence electrons. The molecule has 19 heavy (non-hydrogen) atoms. The van der Waals surface area contributed by atoms with Crippen LogP contribution in [0.3, 0.4) is 0 Å². The van der Waals surface area contributed by atoms with Crippen LogP contribution in [0, 0.1) is 11.3 Å². The van der Waals surface area contributed by atoms with Crippen molar-refractivity contribution in [1.29, 1.82) is 0 Å². The van der Waals surface area contributed by atoms with Crippen LogP contribution < -0.4 is 0 Å². The minimum atomic E-state index is -3.09. The van der Waals surface area contributed by atoms with Crippen molar-refractivity contribution in [3.8, 4) is 0 Å². The summed E-state index contributed by atoms with van der Waals surface area (Å²) in [5.41, 5.74) is -0.806. The van der Waals surface area contributed by atoms with Crippen molar-refractivity contribution >= 4 is 15.8 Å². The maximum Gasteiger partial charge on any atom is 0.309 e. The van der Waals surface area contributed by atoms with E-state index in [1.807, 2.05) is 6.92 Å². The highest BCUT2D eigenvalue weighted by Gasteiger charge is 2.42. The highest BCUT2D eigenvalue weighted by molar-refractivity contribution is 7.91. The number of hydrogen-bond donors (Lipinski definition) is 1. The zero-order valence-electron chi connectivity index (χ0n) is 12.0. The standard InChI is InChI=1S/C14H26O4S/c1-3-9-19(17,18)10-8-14(13(15)16)7-5-6-12(4-2)11-14/h12H,3-11H2,1-2H3,(H,15,16). The Morgan fingerprint density at radius 2 is 2.00 bits per heavy atom. The Morgan fingerprint density at radius 3 is 2.53 bits per heavy atom. The number of aliphatic carboxylic acids is 1. The molecule has 1 aliphatic rings. The third kappa shape index (κ3) is 4.48. The van der Waals surface area contributed by atoms with Gasteiger partial charge in [-0.25, -0.2) is 8.42 Å². The lowest BCUT2D eigenvalue weighted by molar-refractivity contribution is -0.152. The van der Waals surface area contributed by atoms with E-state index in [9.17, 15) is 18.3 Å². The number of hydrogen-bond acceptors (Lipinski definition) is 3. The Labute approximate surface area is 116 Å². The normalized spacial score (nSPS) is 28.2. The smallest absolute Gasteiger partial charge is 0.309 e. The lowest BCUT2D eigenvalue weighted by Crippen LogP contribution is -2.38. The van der Waals surface area contributed by atoms with Gasteiger partial charge < -0.3 is 5.11 Å². The fraction of sp³-hybridized carbons (Fsp3) is 0.929. The fourth-order valence-corrected chi connectivity index (χ4v) is 4.65. The number of sulfone groups is 1. The maximum atomic E-state index is 11.8. The zero-order valence-corrected chi connectivity index (χ0v) is 12.8. The van der Waals surface area contributed by atoms with Crippen molar-refractivity contribution in [2.75, 3.05) is 11.5 Å². The molecule has 2 unspecified atom stereocenters. The molecule has 0 aromatic carbocycles. The summed E-state index contributed by atoms with van der Waals surface area (Å²) in [6.07, 6.45) is 5.10. The molecular formula is C14H26O4S. The monoisotopic (exact) mass is 290 g/mol. The summed E-state index contributed by atoms with van der Waals surface area (Å²) in [4.78, 5) is 11.6. The first-order chi connectivity index (χ1) is 8.85. The quantitative estimate of drug-likeness (QED) is 0.782. The topological polar surface area (TPSA) is 71.4 Å². The van der Waals surface area contributed by atoms with E-state index in [4.69, 9.17) is 0 Å². The van der Waals surface area contributed by atoms with Gasteiger partial charge in [-0.1, -0.05) is 33.1 Å². The molecule has 0 bridgehead atoms. The van der Waals surface area contributed by atoms with Gasteiger partial charge in [-0.2, -0.15) is 0 Å². The molecule has 1 saturated carbocycles. The van der Waals surface area contributed by atoms with Crippen molar-refractivity contribution in [2.45, 2.75) is 58.8 Å². The molecule has 0 amide bonds. The molecule has 0 spiro atoms. The van der Waals surface area contributed by atoms with E-state index >= 15 is 0 Å². The van der Waals surface area contributed by atoms with Crippen LogP contribution >= 0.6 is 0 Å². The molecule has 1 aliphatic carbocycles. The number of carboxylic acids is 1. The third-order valence-electron chi connectivity index (χ3n) is 4.38. The van der Waals surface area contributed by atoms with Gasteiger partial charge in [-0.3, -0.25) is 4.79 Å². The second-order valence-corrected chi connectivity index (χ2v) is 8.16. The van der Waals surface area contributed by atoms with Crippen LogP contribution in [0.1, 0.15) is 58.8 Å². The van der Waals surface area contributed by atoms with Crippen LogP contribution in [0.4, 0.5) is 0 Å². The van der Waals surface area contributed by atoms with Crippen LogP contribution in [0.15, 0.2) is 0 Å². The average Bonchev–Trinajstić information content (AvgIpc) is 2.36. The van der Waals surface area contributed by atoms with Gasteiger partial charge in [0.1, 0.15) is 9.84 Å². The van der Waals surface area contributed by atoms with E-state index in [0.29, 0.717) is 25.2 Å². The van der Waals surface area contributed by atoms with Crippen LogP contribution in [-0.2, 0) is 14.6 Å². The lowest BCUT2D eigenvalue weighted by atomic mass is 9.67. The van der Waals surface area contributed by atoms with Crippen molar-refractivity contribution in [1.82, 2.24) is 0 Å². The van der Waals surface area contributed by atoms with Crippen molar-refractivity contribution in [3.05, 3.63) is 0 Å². The Kier molecular flexibility index (Phi) is 5.83. The van der Waals surface area contributed by atoms with Gasteiger partial charge in [0.15, 0.2) is 0 Å². The first kappa shape index (κ1) is 16.5. The molecule has 0 aromatic heterocycles. The molecule has 0 aromatic rings. The summed E-state index contributed by atoms with van der Waals surface area (Å²) >= 11 is 0. The van der Waals surface area contributed by atoms with Gasteiger partial charge in [0.25, 0.3) is 0 Å². The first-order valence-corrected chi connectivity index (χ1v) is 9.11. The van der Waals surface area contributed by atoms with Gasteiger partial charge >= 0.3 is 5.97 Å². The van der Waals surface area contributed by atoms with Gasteiger partial charge in [-0.05, 0) is 31.6 Å². The van der Waals surface area contributed by atoms with E-state index in [2.05, 4.69) is 6.92 Å². The number of rotatable bonds is 7. The highest BCUT2D eigenvalue weighted by Crippen LogP contribution is 2.43. The summed E-state index contributed by atoms with van der Waals surface area (Å²) < 4.78 is 23.6. The molecule has 2 atom stereocenters. The average molecular weight is 290 g/mol. The van der Waals surface area contributed by atoms with Crippen molar-refractivity contribution in [3.63, 3.8) is 0 Å². The van der Waals surface area contributed by atoms with E-state index in [1.165, 1.54) is 0 Å². The molecule has 5 heteroatoms. The molecule has 4 nitrogen and oxygen atoms in total. The minimum absolute atomic E-state index is 0.0174. The van der Waals surface area contributed by atoms with Crippen molar-refractivity contribution < 1.29 is 18.3 Å². The van der Waals surface area contributed by atoms with Gasteiger partial charge in [-0.15, -0.1) is 0 Å². The van der Waals surface area contributed by atoms with Gasteiger partial charge in [0, 0.05) is 5.75 Å². The largest absolute Gasteiger partial charge is 0.481 e. The number of carbonyl (C=O) groups is 1. The summed E-state index contributed by atoms with van der Waals surface area (Å²) in [6, 6.07) is 0. The molecule has 1 N–H and O–H groups in total. The Hall–Kier alpha value is -0.580. The van der Waals surface area contributed by atoms with Crippen LogP contribution in [-0.4, -0.2) is 31.0 Å². The molecule has 0 aliphatic heterocycles. The molecule has 0 heterocycles. The minimum Gasteiger partial charge on any atom is -0.481 e. The van der Waals surface area contributed by atoms with E-state index in [1.54, 1.807) is 0 Å². The molecule has 0 radical (unpaired) electrons. The molecule has 0 saturated heterocycles.